The number of guanidine groups is 1. The fourth-order valence-electron chi connectivity index (χ4n) is 2.04. The summed E-state index contributed by atoms with van der Waals surface area (Å²) in [4.78, 5) is 19.0. The molecule has 0 amide bonds. The van der Waals surface area contributed by atoms with Gasteiger partial charge in [0.05, 0.1) is 11.0 Å². The highest BCUT2D eigenvalue weighted by atomic mass is 15.5. The van der Waals surface area contributed by atoms with E-state index in [1.807, 2.05) is 33.7 Å². The van der Waals surface area contributed by atoms with E-state index in [0.29, 0.717) is 12.6 Å². The van der Waals surface area contributed by atoms with Gasteiger partial charge in [0.25, 0.3) is 0 Å². The van der Waals surface area contributed by atoms with Crippen LogP contribution < -0.4 is 4.90 Å². The summed E-state index contributed by atoms with van der Waals surface area (Å²) >= 11 is 0. The fourth-order valence-corrected chi connectivity index (χ4v) is 2.04. The van der Waals surface area contributed by atoms with Gasteiger partial charge in [0, 0.05) is 0 Å². The van der Waals surface area contributed by atoms with Crippen LogP contribution >= 0.6 is 0 Å². The lowest BCUT2D eigenvalue weighted by Crippen LogP contribution is -2.37. The molecular formula is C11H8N6. The van der Waals surface area contributed by atoms with Gasteiger partial charge < -0.3 is 0 Å². The summed E-state index contributed by atoms with van der Waals surface area (Å²) < 4.78 is 1.95. The fraction of sp³-hybridized carbons (Fsp3) is 0.0909. The molecule has 0 saturated heterocycles. The number of imidazole rings is 1. The molecule has 0 saturated carbocycles. The summed E-state index contributed by atoms with van der Waals surface area (Å²) in [6.07, 6.45) is 3.28. The van der Waals surface area contributed by atoms with Crippen molar-refractivity contribution in [3.8, 4) is 0 Å². The van der Waals surface area contributed by atoms with Gasteiger partial charge in [-0.3, -0.25) is 14.5 Å². The van der Waals surface area contributed by atoms with Crippen molar-refractivity contribution in [2.75, 3.05) is 11.6 Å². The Morgan fingerprint density at radius 2 is 2.12 bits per heavy atom. The van der Waals surface area contributed by atoms with E-state index in [9.17, 15) is 0 Å². The lowest BCUT2D eigenvalue weighted by atomic mass is 10.3. The molecule has 2 aliphatic heterocycles. The normalized spacial score (nSPS) is 16.9. The Morgan fingerprint density at radius 1 is 1.18 bits per heavy atom. The topological polar surface area (TPSA) is 58.1 Å². The second-order valence-corrected chi connectivity index (χ2v) is 3.81. The summed E-state index contributed by atoms with van der Waals surface area (Å²) in [5.41, 5.74) is 1.99. The average molecular weight is 224 g/mol. The number of para-hydroxylation sites is 2. The summed E-state index contributed by atoms with van der Waals surface area (Å²) in [5, 5.41) is 0. The summed E-state index contributed by atoms with van der Waals surface area (Å²) in [6, 6.07) is 7.97. The Hall–Kier alpha value is -2.50. The monoisotopic (exact) mass is 224 g/mol. The Balaban J connectivity index is 2.02. The van der Waals surface area contributed by atoms with Gasteiger partial charge in [0.1, 0.15) is 19.3 Å². The Labute approximate surface area is 96.6 Å². The second kappa shape index (κ2) is 3.00. The third-order valence-corrected chi connectivity index (χ3v) is 2.83. The van der Waals surface area contributed by atoms with Gasteiger partial charge in [-0.1, -0.05) is 12.1 Å². The maximum absolute atomic E-state index is 4.58. The van der Waals surface area contributed by atoms with Gasteiger partial charge >= 0.3 is 0 Å². The summed E-state index contributed by atoms with van der Waals surface area (Å²) in [5.74, 6) is 1.46. The minimum Gasteiger partial charge on any atom is -0.268 e. The zero-order valence-electron chi connectivity index (χ0n) is 8.85. The second-order valence-electron chi connectivity index (χ2n) is 3.81. The lowest BCUT2D eigenvalue weighted by Gasteiger charge is -2.24. The maximum atomic E-state index is 4.58. The van der Waals surface area contributed by atoms with E-state index in [-0.39, 0.29) is 0 Å². The number of hydrogen-bond donors (Lipinski definition) is 0. The highest BCUT2D eigenvalue weighted by Crippen LogP contribution is 2.24. The number of nitrogens with zero attached hydrogens (tertiary/aromatic N) is 6. The lowest BCUT2D eigenvalue weighted by molar-refractivity contribution is 0.916. The highest BCUT2D eigenvalue weighted by Gasteiger charge is 2.24. The van der Waals surface area contributed by atoms with E-state index in [2.05, 4.69) is 20.0 Å². The number of aliphatic imine (C=N–C) groups is 3. The van der Waals surface area contributed by atoms with E-state index in [1.54, 1.807) is 6.34 Å². The number of fused-ring (bicyclic) bond motifs is 5. The molecule has 17 heavy (non-hydrogen) atoms. The molecule has 1 aromatic carbocycles. The number of aromatic nitrogens is 2. The third kappa shape index (κ3) is 1.09. The number of rotatable bonds is 0. The first-order chi connectivity index (χ1) is 8.43. The van der Waals surface area contributed by atoms with Crippen LogP contribution in [-0.4, -0.2) is 34.9 Å². The van der Waals surface area contributed by atoms with Crippen molar-refractivity contribution in [3.05, 3.63) is 24.3 Å². The molecule has 1 aromatic heterocycles. The number of anilines is 1. The predicted molar refractivity (Wildman–Crippen MR) is 66.9 cm³/mol. The number of benzene rings is 1. The van der Waals surface area contributed by atoms with Crippen molar-refractivity contribution in [3.63, 3.8) is 0 Å². The molecule has 0 fully saturated rings. The molecule has 4 rings (SSSR count). The van der Waals surface area contributed by atoms with Crippen molar-refractivity contribution in [2.24, 2.45) is 15.0 Å². The van der Waals surface area contributed by atoms with Crippen LogP contribution in [0.2, 0.25) is 0 Å². The van der Waals surface area contributed by atoms with E-state index in [0.717, 1.165) is 17.0 Å². The van der Waals surface area contributed by atoms with Crippen molar-refractivity contribution in [1.82, 2.24) is 9.55 Å². The zero-order valence-corrected chi connectivity index (χ0v) is 8.85. The minimum atomic E-state index is 0.513. The van der Waals surface area contributed by atoms with Crippen molar-refractivity contribution >= 4 is 35.6 Å². The Kier molecular flexibility index (Phi) is 1.52. The van der Waals surface area contributed by atoms with Gasteiger partial charge in [-0.2, -0.15) is 0 Å². The molecule has 0 atom stereocenters. The summed E-state index contributed by atoms with van der Waals surface area (Å²) in [6.45, 7) is 0.513. The predicted octanol–water partition coefficient (Wildman–Crippen LogP) is 1.09. The smallest absolute Gasteiger partial charge is 0.236 e. The van der Waals surface area contributed by atoms with Gasteiger partial charge in [-0.25, -0.2) is 15.0 Å². The zero-order chi connectivity index (χ0) is 11.2. The largest absolute Gasteiger partial charge is 0.268 e. The van der Waals surface area contributed by atoms with Crippen LogP contribution in [0.1, 0.15) is 0 Å². The van der Waals surface area contributed by atoms with Crippen molar-refractivity contribution in [1.29, 1.82) is 0 Å². The number of hydrogen-bond acceptors (Lipinski definition) is 5. The van der Waals surface area contributed by atoms with E-state index >= 15 is 0 Å². The maximum Gasteiger partial charge on any atom is 0.236 e. The van der Waals surface area contributed by atoms with Gasteiger partial charge in [0.15, 0.2) is 0 Å². The molecule has 0 unspecified atom stereocenters. The van der Waals surface area contributed by atoms with Crippen LogP contribution in [0.15, 0.2) is 39.2 Å². The van der Waals surface area contributed by atoms with Gasteiger partial charge in [-0.15, -0.1) is 0 Å². The van der Waals surface area contributed by atoms with Crippen LogP contribution in [0.25, 0.3) is 11.0 Å². The SMILES string of the molecule is C1=NCN2C(=N1)N=Cn1c2nc2ccccc21. The molecule has 82 valence electrons. The van der Waals surface area contributed by atoms with Crippen LogP contribution in [0, 0.1) is 0 Å². The van der Waals surface area contributed by atoms with Crippen LogP contribution in [0.4, 0.5) is 5.95 Å². The van der Waals surface area contributed by atoms with E-state index in [1.165, 1.54) is 6.34 Å². The first-order valence-corrected chi connectivity index (χ1v) is 5.28. The van der Waals surface area contributed by atoms with Crippen molar-refractivity contribution < 1.29 is 0 Å². The molecule has 0 spiro atoms. The average Bonchev–Trinajstić information content (AvgIpc) is 2.78. The first-order valence-electron chi connectivity index (χ1n) is 5.28. The molecule has 0 radical (unpaired) electrons. The van der Waals surface area contributed by atoms with Crippen LogP contribution in [0.3, 0.4) is 0 Å². The van der Waals surface area contributed by atoms with Gasteiger partial charge in [-0.05, 0) is 12.1 Å². The molecule has 6 heteroatoms. The van der Waals surface area contributed by atoms with E-state index in [4.69, 9.17) is 0 Å². The molecule has 2 aliphatic rings. The molecular weight excluding hydrogens is 216 g/mol. The van der Waals surface area contributed by atoms with Crippen LogP contribution in [0.5, 0.6) is 0 Å². The Bertz CT molecular complexity index is 693. The highest BCUT2D eigenvalue weighted by molar-refractivity contribution is 6.08. The standard InChI is InChI=1S/C11H8N6/c1-2-4-9-8(3-1)15-11-16(9)7-14-10-13-5-12-6-17(10)11/h1-5,7H,6H2. The third-order valence-electron chi connectivity index (χ3n) is 2.83. The molecule has 0 N–H and O–H groups in total. The Morgan fingerprint density at radius 3 is 3.12 bits per heavy atom. The molecule has 0 aliphatic carbocycles. The van der Waals surface area contributed by atoms with Crippen LogP contribution in [-0.2, 0) is 0 Å². The molecule has 6 nitrogen and oxygen atoms in total. The van der Waals surface area contributed by atoms with Crippen molar-refractivity contribution in [2.45, 2.75) is 0 Å². The molecule has 2 aromatic rings. The molecule has 0 bridgehead atoms. The first kappa shape index (κ1) is 8.63. The summed E-state index contributed by atoms with van der Waals surface area (Å²) in [7, 11) is 0. The van der Waals surface area contributed by atoms with Gasteiger partial charge in [0.2, 0.25) is 11.9 Å². The minimum absolute atomic E-state index is 0.513. The quantitative estimate of drug-likeness (QED) is 0.672. The van der Waals surface area contributed by atoms with E-state index < -0.39 is 0 Å². The molecule has 3 heterocycles.